The number of nitro groups is 1. The maximum absolute atomic E-state index is 13.4. The molecule has 0 aliphatic carbocycles. The normalized spacial score (nSPS) is 11.1. The van der Waals surface area contributed by atoms with Crippen molar-refractivity contribution in [1.82, 2.24) is 0 Å². The monoisotopic (exact) mass is 324 g/mol. The topological polar surface area (TPSA) is 66.9 Å². The highest BCUT2D eigenvalue weighted by Crippen LogP contribution is 2.44. The van der Waals surface area contributed by atoms with E-state index in [1.54, 1.807) is 6.07 Å². The van der Waals surface area contributed by atoms with Crippen molar-refractivity contribution in [2.24, 2.45) is 0 Å². The minimum absolute atomic E-state index is 0.148. The van der Waals surface area contributed by atoms with Gasteiger partial charge in [0, 0.05) is 6.07 Å². The van der Waals surface area contributed by atoms with E-state index in [-0.39, 0.29) is 11.1 Å². The van der Waals surface area contributed by atoms with Gasteiger partial charge in [-0.05, 0) is 23.3 Å². The molecule has 0 spiro atoms. The van der Waals surface area contributed by atoms with Crippen LogP contribution in [0.4, 0.5) is 23.2 Å². The number of hydrogen-bond donors (Lipinski definition) is 0. The molecule has 0 unspecified atom stereocenters. The fourth-order valence-electron chi connectivity index (χ4n) is 2.25. The number of nitriles is 1. The van der Waals surface area contributed by atoms with Crippen molar-refractivity contribution in [1.29, 1.82) is 5.26 Å². The van der Waals surface area contributed by atoms with Gasteiger partial charge in [-0.15, -0.1) is 0 Å². The summed E-state index contributed by atoms with van der Waals surface area (Å²) < 4.78 is 53.3. The lowest BCUT2D eigenvalue weighted by Crippen LogP contribution is -2.13. The zero-order valence-electron chi connectivity index (χ0n) is 11.4. The first-order chi connectivity index (χ1) is 10.8. The molecule has 0 aliphatic rings. The molecule has 118 valence electrons. The molecule has 23 heavy (non-hydrogen) atoms. The van der Waals surface area contributed by atoms with Gasteiger partial charge in [0.15, 0.2) is 0 Å². The van der Waals surface area contributed by atoms with Crippen LogP contribution in [0.1, 0.15) is 11.1 Å². The molecule has 0 aliphatic heterocycles. The number of halogens is 4. The predicted octanol–water partition coefficient (Wildman–Crippen LogP) is 4.49. The second-order valence-corrected chi connectivity index (χ2v) is 4.59. The summed E-state index contributed by atoms with van der Waals surface area (Å²) >= 11 is 0. The molecule has 0 bridgehead atoms. The van der Waals surface area contributed by atoms with Gasteiger partial charge in [-0.2, -0.15) is 18.4 Å². The van der Waals surface area contributed by atoms with Gasteiger partial charge in [-0.3, -0.25) is 10.1 Å². The molecule has 2 aromatic rings. The summed E-state index contributed by atoms with van der Waals surface area (Å²) in [6.07, 6.45) is -5.46. The Morgan fingerprint density at radius 3 is 2.22 bits per heavy atom. The van der Waals surface area contributed by atoms with E-state index in [1.165, 1.54) is 0 Å². The van der Waals surface area contributed by atoms with Crippen molar-refractivity contribution in [3.63, 3.8) is 0 Å². The summed E-state index contributed by atoms with van der Waals surface area (Å²) in [7, 11) is 0. The van der Waals surface area contributed by atoms with E-state index in [0.717, 1.165) is 36.4 Å². The maximum Gasteiger partial charge on any atom is 0.417 e. The molecule has 4 nitrogen and oxygen atoms in total. The van der Waals surface area contributed by atoms with Crippen LogP contribution in [0.5, 0.6) is 0 Å². The zero-order valence-corrected chi connectivity index (χ0v) is 11.4. The van der Waals surface area contributed by atoms with E-state index < -0.39 is 40.2 Å². The lowest BCUT2D eigenvalue weighted by atomic mass is 9.92. The molecule has 0 atom stereocenters. The quantitative estimate of drug-likeness (QED) is 0.475. The Morgan fingerprint density at radius 1 is 1.13 bits per heavy atom. The first-order valence-corrected chi connectivity index (χ1v) is 6.26. The highest BCUT2D eigenvalue weighted by Gasteiger charge is 2.39. The van der Waals surface area contributed by atoms with Gasteiger partial charge >= 0.3 is 6.18 Å². The maximum atomic E-state index is 13.4. The summed E-state index contributed by atoms with van der Waals surface area (Å²) in [6, 6.07) is 7.32. The Kier molecular flexibility index (Phi) is 4.31. The average Bonchev–Trinajstić information content (AvgIpc) is 2.46. The van der Waals surface area contributed by atoms with Crippen LogP contribution in [-0.2, 0) is 12.6 Å². The van der Waals surface area contributed by atoms with Gasteiger partial charge in [0.2, 0.25) is 0 Å². The Balaban J connectivity index is 2.89. The number of nitrogens with zero attached hydrogens (tertiary/aromatic N) is 2. The van der Waals surface area contributed by atoms with E-state index in [0.29, 0.717) is 0 Å². The smallest absolute Gasteiger partial charge is 0.258 e. The summed E-state index contributed by atoms with van der Waals surface area (Å²) in [5.74, 6) is -0.682. The lowest BCUT2D eigenvalue weighted by Gasteiger charge is -2.16. The average molecular weight is 324 g/mol. The molecular formula is C15H8F4N2O2. The van der Waals surface area contributed by atoms with Crippen LogP contribution in [-0.4, -0.2) is 4.92 Å². The van der Waals surface area contributed by atoms with E-state index >= 15 is 0 Å². The molecule has 2 aromatic carbocycles. The Bertz CT molecular complexity index is 793. The molecule has 8 heteroatoms. The molecule has 0 aromatic heterocycles. The molecule has 0 heterocycles. The van der Waals surface area contributed by atoms with Gasteiger partial charge < -0.3 is 0 Å². The highest BCUT2D eigenvalue weighted by molar-refractivity contribution is 5.79. The third kappa shape index (κ3) is 3.29. The Labute approximate surface area is 127 Å². The van der Waals surface area contributed by atoms with Crippen LogP contribution in [0.15, 0.2) is 36.4 Å². The fraction of sp³-hybridized carbons (Fsp3) is 0.133. The second-order valence-electron chi connectivity index (χ2n) is 4.59. The van der Waals surface area contributed by atoms with Gasteiger partial charge in [0.05, 0.1) is 28.5 Å². The third-order valence-corrected chi connectivity index (χ3v) is 3.15. The van der Waals surface area contributed by atoms with Crippen molar-refractivity contribution >= 4 is 5.69 Å². The fourth-order valence-corrected chi connectivity index (χ4v) is 2.25. The molecular weight excluding hydrogens is 316 g/mol. The number of benzene rings is 2. The van der Waals surface area contributed by atoms with Gasteiger partial charge in [-0.1, -0.05) is 18.2 Å². The summed E-state index contributed by atoms with van der Waals surface area (Å²) in [5.41, 5.74) is -3.20. The van der Waals surface area contributed by atoms with E-state index in [4.69, 9.17) is 5.26 Å². The molecule has 0 saturated heterocycles. The number of hydrogen-bond acceptors (Lipinski definition) is 3. The zero-order chi connectivity index (χ0) is 17.2. The van der Waals surface area contributed by atoms with E-state index in [9.17, 15) is 27.7 Å². The minimum Gasteiger partial charge on any atom is -0.258 e. The van der Waals surface area contributed by atoms with Crippen LogP contribution in [0.3, 0.4) is 0 Å². The molecule has 0 amide bonds. The Morgan fingerprint density at radius 2 is 1.74 bits per heavy atom. The third-order valence-electron chi connectivity index (χ3n) is 3.15. The first kappa shape index (κ1) is 16.4. The highest BCUT2D eigenvalue weighted by atomic mass is 19.4. The molecule has 0 fully saturated rings. The number of rotatable bonds is 3. The van der Waals surface area contributed by atoms with E-state index in [1.807, 2.05) is 0 Å². The summed E-state index contributed by atoms with van der Waals surface area (Å²) in [6.45, 7) is 0. The first-order valence-electron chi connectivity index (χ1n) is 6.26. The molecule has 0 N–H and O–H groups in total. The van der Waals surface area contributed by atoms with Crippen LogP contribution in [0.2, 0.25) is 0 Å². The summed E-state index contributed by atoms with van der Waals surface area (Å²) in [5, 5.41) is 19.8. The number of nitro benzene ring substituents is 1. The van der Waals surface area contributed by atoms with Crippen molar-refractivity contribution in [2.45, 2.75) is 12.6 Å². The van der Waals surface area contributed by atoms with Crippen molar-refractivity contribution in [3.05, 3.63) is 63.5 Å². The standard InChI is InChI=1S/C15H8F4N2O2/c16-11-4-1-9(2-5-11)13-12(21(22)23)6-3-10(7-8-20)14(13)15(17,18)19/h1-6H,7H2. The minimum atomic E-state index is -4.90. The van der Waals surface area contributed by atoms with Crippen molar-refractivity contribution < 1.29 is 22.5 Å². The SMILES string of the molecule is N#CCc1ccc([N+](=O)[O-])c(-c2ccc(F)cc2)c1C(F)(F)F. The molecule has 0 saturated carbocycles. The van der Waals surface area contributed by atoms with Crippen LogP contribution < -0.4 is 0 Å². The predicted molar refractivity (Wildman–Crippen MR) is 72.8 cm³/mol. The van der Waals surface area contributed by atoms with Crippen LogP contribution >= 0.6 is 0 Å². The largest absolute Gasteiger partial charge is 0.417 e. The molecule has 2 rings (SSSR count). The van der Waals surface area contributed by atoms with Crippen molar-refractivity contribution in [2.75, 3.05) is 0 Å². The van der Waals surface area contributed by atoms with Crippen molar-refractivity contribution in [3.8, 4) is 17.2 Å². The Hall–Kier alpha value is -2.95. The lowest BCUT2D eigenvalue weighted by molar-refractivity contribution is -0.384. The summed E-state index contributed by atoms with van der Waals surface area (Å²) in [4.78, 5) is 10.2. The van der Waals surface area contributed by atoms with Gasteiger partial charge in [0.25, 0.3) is 5.69 Å². The van der Waals surface area contributed by atoms with Crippen LogP contribution in [0.25, 0.3) is 11.1 Å². The van der Waals surface area contributed by atoms with Gasteiger partial charge in [0.1, 0.15) is 5.82 Å². The van der Waals surface area contributed by atoms with Gasteiger partial charge in [-0.25, -0.2) is 4.39 Å². The van der Waals surface area contributed by atoms with Crippen LogP contribution in [0, 0.1) is 27.3 Å². The number of alkyl halides is 3. The second kappa shape index (κ2) is 6.04. The molecule has 0 radical (unpaired) electrons. The van der Waals surface area contributed by atoms with E-state index in [2.05, 4.69) is 0 Å².